The zero-order valence-electron chi connectivity index (χ0n) is 16.4. The highest BCUT2D eigenvalue weighted by Crippen LogP contribution is 2.45. The lowest BCUT2D eigenvalue weighted by Gasteiger charge is -2.45. The summed E-state index contributed by atoms with van der Waals surface area (Å²) in [6.45, 7) is 2.09. The van der Waals surface area contributed by atoms with Crippen LogP contribution in [0.3, 0.4) is 0 Å². The number of aliphatic imine (C=N–C) groups is 1. The number of fused-ring (bicyclic) bond motifs is 1. The van der Waals surface area contributed by atoms with E-state index < -0.39 is 16.9 Å². The number of amidine groups is 1. The van der Waals surface area contributed by atoms with Crippen molar-refractivity contribution in [3.63, 3.8) is 0 Å². The molecule has 1 N–H and O–H groups in total. The van der Waals surface area contributed by atoms with E-state index in [-0.39, 0.29) is 17.3 Å². The molecule has 0 radical (unpaired) electrons. The molecule has 30 heavy (non-hydrogen) atoms. The van der Waals surface area contributed by atoms with Crippen molar-refractivity contribution in [2.24, 2.45) is 4.99 Å². The molecule has 154 valence electrons. The first-order valence-electron chi connectivity index (χ1n) is 9.78. The fourth-order valence-corrected chi connectivity index (χ4v) is 5.16. The lowest BCUT2D eigenvalue weighted by atomic mass is 9.90. The third-order valence-corrected chi connectivity index (χ3v) is 6.48. The first-order chi connectivity index (χ1) is 14.5. The maximum atomic E-state index is 12.5. The van der Waals surface area contributed by atoms with Gasteiger partial charge in [0.1, 0.15) is 0 Å². The molecule has 2 unspecified atom stereocenters. The molecular weight excluding hydrogens is 402 g/mol. The maximum absolute atomic E-state index is 12.5. The number of carboxylic acids is 1. The molecule has 0 aliphatic carbocycles. The van der Waals surface area contributed by atoms with Crippen molar-refractivity contribution in [2.45, 2.75) is 31.8 Å². The van der Waals surface area contributed by atoms with E-state index in [9.17, 15) is 20.0 Å². The van der Waals surface area contributed by atoms with Crippen molar-refractivity contribution >= 4 is 34.3 Å². The van der Waals surface area contributed by atoms with Gasteiger partial charge in [0.05, 0.1) is 22.2 Å². The van der Waals surface area contributed by atoms with Gasteiger partial charge in [-0.1, -0.05) is 49.0 Å². The van der Waals surface area contributed by atoms with Gasteiger partial charge in [-0.15, -0.1) is 0 Å². The minimum absolute atomic E-state index is 0.0207. The fraction of sp³-hybridized carbons (Fsp3) is 0.273. The zero-order chi connectivity index (χ0) is 21.3. The Balaban J connectivity index is 1.93. The molecule has 0 amide bonds. The monoisotopic (exact) mass is 423 g/mol. The number of nitrogens with zero attached hydrogens (tertiary/aromatic N) is 3. The normalized spacial score (nSPS) is 21.1. The second-order valence-electron chi connectivity index (χ2n) is 7.19. The molecule has 2 aliphatic heterocycles. The minimum Gasteiger partial charge on any atom is -0.478 e. The van der Waals surface area contributed by atoms with E-state index in [4.69, 9.17) is 4.99 Å². The lowest BCUT2D eigenvalue weighted by Crippen LogP contribution is -2.48. The number of aliphatic carboxylic acids is 1. The molecular formula is C22H21N3O4S. The van der Waals surface area contributed by atoms with Crippen LogP contribution in [0.5, 0.6) is 0 Å². The van der Waals surface area contributed by atoms with Crippen LogP contribution in [-0.2, 0) is 4.79 Å². The molecule has 0 aromatic heterocycles. The van der Waals surface area contributed by atoms with E-state index in [1.54, 1.807) is 23.9 Å². The Hall–Kier alpha value is -3.13. The van der Waals surface area contributed by atoms with E-state index in [1.165, 1.54) is 12.1 Å². The number of hydrogen-bond acceptors (Lipinski definition) is 6. The van der Waals surface area contributed by atoms with Crippen molar-refractivity contribution in [3.8, 4) is 0 Å². The average Bonchev–Trinajstić information content (AvgIpc) is 2.77. The van der Waals surface area contributed by atoms with E-state index in [1.807, 2.05) is 30.3 Å². The summed E-state index contributed by atoms with van der Waals surface area (Å²) < 4.78 is 0. The van der Waals surface area contributed by atoms with Crippen molar-refractivity contribution < 1.29 is 14.8 Å². The second kappa shape index (κ2) is 8.31. The van der Waals surface area contributed by atoms with Gasteiger partial charge >= 0.3 is 5.97 Å². The maximum Gasteiger partial charge on any atom is 0.336 e. The first kappa shape index (κ1) is 20.2. The van der Waals surface area contributed by atoms with Crippen LogP contribution in [0, 0.1) is 10.1 Å². The number of thioether (sulfide) groups is 1. The fourth-order valence-electron chi connectivity index (χ4n) is 4.03. The zero-order valence-corrected chi connectivity index (χ0v) is 17.2. The molecule has 7 nitrogen and oxygen atoms in total. The number of nitro benzene ring substituents is 1. The minimum atomic E-state index is -1.04. The summed E-state index contributed by atoms with van der Waals surface area (Å²) in [6.07, 6.45) is 1.79. The summed E-state index contributed by atoms with van der Waals surface area (Å²) in [5, 5.41) is 22.1. The van der Waals surface area contributed by atoms with Gasteiger partial charge in [-0.3, -0.25) is 10.1 Å². The number of non-ortho nitro benzene ring substituents is 1. The molecule has 8 heteroatoms. The topological polar surface area (TPSA) is 96.0 Å². The Morgan fingerprint density at radius 2 is 1.93 bits per heavy atom. The molecule has 0 spiro atoms. The average molecular weight is 423 g/mol. The van der Waals surface area contributed by atoms with Crippen molar-refractivity contribution in [1.82, 2.24) is 4.90 Å². The standard InChI is InChI=1S/C22H21N3O4S/c1-2-16-12-13-30-22-23-19(14-6-4-3-5-7-14)18(21(26)27)20(24(16)22)15-8-10-17(11-9-15)25(28)29/h3-11,16,20H,2,12-13H2,1H3,(H,26,27). The highest BCUT2D eigenvalue weighted by molar-refractivity contribution is 8.13. The highest BCUT2D eigenvalue weighted by Gasteiger charge is 2.42. The van der Waals surface area contributed by atoms with Gasteiger partial charge in [0.15, 0.2) is 5.17 Å². The van der Waals surface area contributed by atoms with Gasteiger partial charge in [-0.25, -0.2) is 9.79 Å². The van der Waals surface area contributed by atoms with Crippen LogP contribution >= 0.6 is 11.8 Å². The number of hydrogen-bond donors (Lipinski definition) is 1. The highest BCUT2D eigenvalue weighted by atomic mass is 32.2. The third-order valence-electron chi connectivity index (χ3n) is 5.48. The molecule has 1 saturated heterocycles. The quantitative estimate of drug-likeness (QED) is 0.552. The van der Waals surface area contributed by atoms with Crippen LogP contribution in [0.4, 0.5) is 5.69 Å². The van der Waals surface area contributed by atoms with Gasteiger partial charge in [0, 0.05) is 29.5 Å². The van der Waals surface area contributed by atoms with Crippen molar-refractivity contribution in [1.29, 1.82) is 0 Å². The van der Waals surface area contributed by atoms with Crippen molar-refractivity contribution in [3.05, 3.63) is 81.4 Å². The van der Waals surface area contributed by atoms with Gasteiger partial charge in [-0.2, -0.15) is 0 Å². The third kappa shape index (κ3) is 3.59. The number of rotatable bonds is 5. The van der Waals surface area contributed by atoms with E-state index in [2.05, 4.69) is 11.8 Å². The number of nitro groups is 1. The predicted octanol–water partition coefficient (Wildman–Crippen LogP) is 4.72. The second-order valence-corrected chi connectivity index (χ2v) is 8.25. The van der Waals surface area contributed by atoms with Gasteiger partial charge < -0.3 is 10.0 Å². The lowest BCUT2D eigenvalue weighted by molar-refractivity contribution is -0.384. The first-order valence-corrected chi connectivity index (χ1v) is 10.8. The molecule has 1 fully saturated rings. The van der Waals surface area contributed by atoms with Crippen LogP contribution in [0.25, 0.3) is 5.70 Å². The van der Waals surface area contributed by atoms with Crippen molar-refractivity contribution in [2.75, 3.05) is 5.75 Å². The van der Waals surface area contributed by atoms with Crippen LogP contribution in [0.2, 0.25) is 0 Å². The van der Waals surface area contributed by atoms with E-state index in [0.717, 1.165) is 29.3 Å². The smallest absolute Gasteiger partial charge is 0.336 e. The molecule has 2 atom stereocenters. The Morgan fingerprint density at radius 3 is 2.53 bits per heavy atom. The molecule has 2 heterocycles. The van der Waals surface area contributed by atoms with Gasteiger partial charge in [0.25, 0.3) is 5.69 Å². The Kier molecular flexibility index (Phi) is 5.59. The van der Waals surface area contributed by atoms with Crippen LogP contribution in [0.1, 0.15) is 36.9 Å². The summed E-state index contributed by atoms with van der Waals surface area (Å²) in [7, 11) is 0. The number of carboxylic acid groups (broad SMARTS) is 1. The summed E-state index contributed by atoms with van der Waals surface area (Å²) in [5.41, 5.74) is 2.07. The molecule has 0 bridgehead atoms. The predicted molar refractivity (Wildman–Crippen MR) is 117 cm³/mol. The summed E-state index contributed by atoms with van der Waals surface area (Å²) >= 11 is 1.63. The van der Waals surface area contributed by atoms with Gasteiger partial charge in [-0.05, 0) is 30.5 Å². The Morgan fingerprint density at radius 1 is 1.23 bits per heavy atom. The number of benzene rings is 2. The van der Waals surface area contributed by atoms with Crippen LogP contribution < -0.4 is 0 Å². The summed E-state index contributed by atoms with van der Waals surface area (Å²) in [6, 6.07) is 15.1. The summed E-state index contributed by atoms with van der Waals surface area (Å²) in [5.74, 6) is -0.115. The molecule has 0 saturated carbocycles. The Bertz CT molecular complexity index is 1030. The SMILES string of the molecule is CCC1CCSC2=NC(c3ccccc3)=C(C(=O)O)C(c3ccc([N+](=O)[O-])cc3)N21. The molecule has 2 aliphatic rings. The number of carbonyl (C=O) groups is 1. The molecule has 2 aromatic carbocycles. The van der Waals surface area contributed by atoms with Crippen LogP contribution in [0.15, 0.2) is 65.2 Å². The van der Waals surface area contributed by atoms with E-state index >= 15 is 0 Å². The van der Waals surface area contributed by atoms with Crippen LogP contribution in [-0.4, -0.2) is 37.9 Å². The molecule has 2 aromatic rings. The Labute approximate surface area is 178 Å². The summed E-state index contributed by atoms with van der Waals surface area (Å²) in [4.78, 5) is 30.0. The largest absolute Gasteiger partial charge is 0.478 e. The van der Waals surface area contributed by atoms with Gasteiger partial charge in [0.2, 0.25) is 0 Å². The van der Waals surface area contributed by atoms with E-state index in [0.29, 0.717) is 11.3 Å². The molecule has 4 rings (SSSR count).